The van der Waals surface area contributed by atoms with Gasteiger partial charge in [-0.25, -0.2) is 4.99 Å². The van der Waals surface area contributed by atoms with Crippen LogP contribution in [-0.2, 0) is 5.54 Å². The van der Waals surface area contributed by atoms with Crippen molar-refractivity contribution in [2.75, 3.05) is 5.73 Å². The third kappa shape index (κ3) is 1.99. The Morgan fingerprint density at radius 1 is 1.00 bits per heavy atom. The summed E-state index contributed by atoms with van der Waals surface area (Å²) in [7, 11) is 0. The lowest BCUT2D eigenvalue weighted by atomic mass is 9.83. The summed E-state index contributed by atoms with van der Waals surface area (Å²) in [5, 5.41) is 2.89. The number of pyridine rings is 1. The molecule has 5 nitrogen and oxygen atoms in total. The molecule has 0 fully saturated rings. The lowest BCUT2D eigenvalue weighted by Crippen LogP contribution is -2.37. The molecular weight excluding hydrogens is 250 g/mol. The van der Waals surface area contributed by atoms with Crippen molar-refractivity contribution in [2.24, 2.45) is 10.7 Å². The Balaban J connectivity index is 2.21. The van der Waals surface area contributed by atoms with Gasteiger partial charge in [-0.3, -0.25) is 4.98 Å². The molecule has 1 aromatic heterocycles. The van der Waals surface area contributed by atoms with Crippen LogP contribution in [-0.4, -0.2) is 10.9 Å². The van der Waals surface area contributed by atoms with Crippen molar-refractivity contribution >= 4 is 11.6 Å². The Kier molecular flexibility index (Phi) is 2.87. The Bertz CT molecular complexity index is 660. The van der Waals surface area contributed by atoms with E-state index in [0.29, 0.717) is 11.6 Å². The lowest BCUT2D eigenvalue weighted by molar-refractivity contribution is 0.661. The van der Waals surface area contributed by atoms with Gasteiger partial charge in [0, 0.05) is 29.8 Å². The maximum Gasteiger partial charge on any atom is 0.194 e. The van der Waals surface area contributed by atoms with E-state index < -0.39 is 5.54 Å². The average Bonchev–Trinajstić information content (AvgIpc) is 2.49. The fourth-order valence-electron chi connectivity index (χ4n) is 2.32. The largest absolute Gasteiger partial charge is 0.399 e. The van der Waals surface area contributed by atoms with Gasteiger partial charge in [0.2, 0.25) is 0 Å². The number of benzene rings is 1. The van der Waals surface area contributed by atoms with E-state index in [1.165, 1.54) is 0 Å². The minimum atomic E-state index is -0.669. The van der Waals surface area contributed by atoms with Crippen LogP contribution in [0.25, 0.3) is 0 Å². The highest BCUT2D eigenvalue weighted by molar-refractivity contribution is 5.81. The van der Waals surface area contributed by atoms with Gasteiger partial charge in [-0.2, -0.15) is 0 Å². The van der Waals surface area contributed by atoms with Crippen LogP contribution in [0.15, 0.2) is 66.1 Å². The molecule has 2 aromatic rings. The highest BCUT2D eigenvalue weighted by atomic mass is 15.1. The normalized spacial score (nSPS) is 21.1. The van der Waals surface area contributed by atoms with E-state index in [4.69, 9.17) is 11.5 Å². The first-order chi connectivity index (χ1) is 9.71. The van der Waals surface area contributed by atoms with Crippen LogP contribution >= 0.6 is 0 Å². The number of anilines is 1. The second kappa shape index (κ2) is 4.70. The summed E-state index contributed by atoms with van der Waals surface area (Å²) >= 11 is 0. The molecule has 3 rings (SSSR count). The molecule has 1 atom stereocenters. The first-order valence-corrected chi connectivity index (χ1v) is 6.27. The standard InChI is InChI=1S/C15H15N5/c16-13-5-3-11(4-6-13)15(7-9-19-14(17)20-15)12-2-1-8-18-10-12/h1-10H,16H2,(H3,17,19,20). The van der Waals surface area contributed by atoms with Crippen molar-refractivity contribution in [1.29, 1.82) is 0 Å². The van der Waals surface area contributed by atoms with Crippen LogP contribution in [0, 0.1) is 0 Å². The highest BCUT2D eigenvalue weighted by Crippen LogP contribution is 2.36. The third-order valence-electron chi connectivity index (χ3n) is 3.30. The van der Waals surface area contributed by atoms with Crippen LogP contribution in [0.2, 0.25) is 0 Å². The topological polar surface area (TPSA) is 89.3 Å². The first kappa shape index (κ1) is 12.2. The number of nitrogens with two attached hydrogens (primary N) is 2. The Morgan fingerprint density at radius 2 is 1.80 bits per heavy atom. The first-order valence-electron chi connectivity index (χ1n) is 6.27. The summed E-state index contributed by atoms with van der Waals surface area (Å²) in [6, 6.07) is 11.5. The van der Waals surface area contributed by atoms with Crippen molar-refractivity contribution in [1.82, 2.24) is 10.3 Å². The molecule has 0 saturated carbocycles. The fraction of sp³-hybridized carbons (Fsp3) is 0.0667. The Labute approximate surface area is 117 Å². The molecule has 1 unspecified atom stereocenters. The van der Waals surface area contributed by atoms with Crippen LogP contribution in [0.5, 0.6) is 0 Å². The zero-order valence-electron chi connectivity index (χ0n) is 10.8. The molecule has 0 aliphatic carbocycles. The summed E-state index contributed by atoms with van der Waals surface area (Å²) < 4.78 is 0. The third-order valence-corrected chi connectivity index (χ3v) is 3.30. The number of hydrogen-bond donors (Lipinski definition) is 3. The number of nitrogens with one attached hydrogen (secondary N) is 1. The van der Waals surface area contributed by atoms with Gasteiger partial charge < -0.3 is 16.8 Å². The predicted molar refractivity (Wildman–Crippen MR) is 79.8 cm³/mol. The molecule has 0 bridgehead atoms. The minimum absolute atomic E-state index is 0.369. The summed E-state index contributed by atoms with van der Waals surface area (Å²) in [5.41, 5.74) is 13.6. The quantitative estimate of drug-likeness (QED) is 0.715. The summed E-state index contributed by atoms with van der Waals surface area (Å²) in [4.78, 5) is 8.78. The highest BCUT2D eigenvalue weighted by Gasteiger charge is 2.33. The number of guanidine groups is 1. The van der Waals surface area contributed by atoms with Gasteiger partial charge in [-0.1, -0.05) is 18.2 Å². The Morgan fingerprint density at radius 3 is 2.45 bits per heavy atom. The number of nitrogens with zero attached hydrogens (tertiary/aromatic N) is 2. The van der Waals surface area contributed by atoms with E-state index in [1.54, 1.807) is 18.6 Å². The van der Waals surface area contributed by atoms with Crippen molar-refractivity contribution in [2.45, 2.75) is 5.54 Å². The van der Waals surface area contributed by atoms with Crippen molar-refractivity contribution in [3.05, 3.63) is 72.2 Å². The van der Waals surface area contributed by atoms with Gasteiger partial charge in [-0.05, 0) is 29.8 Å². The molecule has 0 radical (unpaired) electrons. The van der Waals surface area contributed by atoms with Crippen molar-refractivity contribution in [3.8, 4) is 0 Å². The van der Waals surface area contributed by atoms with Gasteiger partial charge in [0.25, 0.3) is 0 Å². The lowest BCUT2D eigenvalue weighted by Gasteiger charge is -2.30. The molecule has 5 N–H and O–H groups in total. The molecular formula is C15H15N5. The number of aliphatic imine (C=N–C) groups is 1. The van der Waals surface area contributed by atoms with Crippen LogP contribution in [0.4, 0.5) is 5.69 Å². The average molecular weight is 265 g/mol. The summed E-state index contributed by atoms with van der Waals surface area (Å²) in [6.45, 7) is 0. The molecule has 0 spiro atoms. The van der Waals surface area contributed by atoms with E-state index >= 15 is 0 Å². The van der Waals surface area contributed by atoms with Crippen molar-refractivity contribution < 1.29 is 0 Å². The smallest absolute Gasteiger partial charge is 0.194 e. The summed E-state index contributed by atoms with van der Waals surface area (Å²) in [5.74, 6) is 0.369. The fourth-order valence-corrected chi connectivity index (χ4v) is 2.32. The molecule has 0 amide bonds. The molecule has 100 valence electrons. The van der Waals surface area contributed by atoms with Gasteiger partial charge in [0.05, 0.1) is 0 Å². The number of rotatable bonds is 2. The number of hydrogen-bond acceptors (Lipinski definition) is 5. The van der Waals surface area contributed by atoms with E-state index in [9.17, 15) is 0 Å². The predicted octanol–water partition coefficient (Wildman–Crippen LogP) is 1.34. The Hall–Kier alpha value is -2.82. The van der Waals surface area contributed by atoms with E-state index in [1.807, 2.05) is 42.5 Å². The van der Waals surface area contributed by atoms with E-state index in [0.717, 1.165) is 11.1 Å². The number of nitrogen functional groups attached to an aromatic ring is 1. The van der Waals surface area contributed by atoms with Crippen LogP contribution in [0.3, 0.4) is 0 Å². The minimum Gasteiger partial charge on any atom is -0.399 e. The second-order valence-electron chi connectivity index (χ2n) is 4.60. The second-order valence-corrected chi connectivity index (χ2v) is 4.60. The molecule has 2 heterocycles. The molecule has 1 aliphatic rings. The van der Waals surface area contributed by atoms with Gasteiger partial charge in [-0.15, -0.1) is 0 Å². The maximum absolute atomic E-state index is 5.86. The summed E-state index contributed by atoms with van der Waals surface area (Å²) in [6.07, 6.45) is 7.29. The van der Waals surface area contributed by atoms with Gasteiger partial charge in [0.1, 0.15) is 5.54 Å². The maximum atomic E-state index is 5.86. The zero-order valence-corrected chi connectivity index (χ0v) is 10.8. The zero-order chi connectivity index (χ0) is 14.0. The van der Waals surface area contributed by atoms with E-state index in [-0.39, 0.29) is 0 Å². The SMILES string of the molecule is NC1=NC(c2ccc(N)cc2)(c2cccnc2)C=CN1. The van der Waals surface area contributed by atoms with Crippen LogP contribution in [0.1, 0.15) is 11.1 Å². The molecule has 1 aliphatic heterocycles. The number of aromatic nitrogens is 1. The van der Waals surface area contributed by atoms with Crippen molar-refractivity contribution in [3.63, 3.8) is 0 Å². The van der Waals surface area contributed by atoms with E-state index in [2.05, 4.69) is 15.3 Å². The molecule has 0 saturated heterocycles. The molecule has 5 heteroatoms. The molecule has 20 heavy (non-hydrogen) atoms. The monoisotopic (exact) mass is 265 g/mol. The van der Waals surface area contributed by atoms with Crippen LogP contribution < -0.4 is 16.8 Å². The van der Waals surface area contributed by atoms with Gasteiger partial charge in [0.15, 0.2) is 5.96 Å². The molecule has 1 aromatic carbocycles. The van der Waals surface area contributed by atoms with Gasteiger partial charge >= 0.3 is 0 Å².